The zero-order valence-corrected chi connectivity index (χ0v) is 8.29. The van der Waals surface area contributed by atoms with Gasteiger partial charge in [-0.3, -0.25) is 4.79 Å². The van der Waals surface area contributed by atoms with Crippen molar-refractivity contribution in [1.29, 1.82) is 0 Å². The van der Waals surface area contributed by atoms with E-state index in [-0.39, 0.29) is 6.54 Å². The first kappa shape index (κ1) is 11.4. The molecule has 1 heterocycles. The Balaban J connectivity index is 1.90. The van der Waals surface area contributed by atoms with E-state index in [1.165, 1.54) is 0 Å². The molecule has 5 nitrogen and oxygen atoms in total. The standard InChI is InChI=1S/C9H18N2O3/c12-9(13)7-10-3-1-2-8-6-11-4-5-14-8/h8,10-11H,1-7H2,(H,12,13). The summed E-state index contributed by atoms with van der Waals surface area (Å²) in [6.45, 7) is 3.43. The third kappa shape index (κ3) is 5.16. The highest BCUT2D eigenvalue weighted by Crippen LogP contribution is 2.03. The topological polar surface area (TPSA) is 70.6 Å². The van der Waals surface area contributed by atoms with E-state index in [4.69, 9.17) is 9.84 Å². The maximum atomic E-state index is 10.2. The Bertz CT molecular complexity index is 169. The average molecular weight is 202 g/mol. The Morgan fingerprint density at radius 2 is 2.50 bits per heavy atom. The summed E-state index contributed by atoms with van der Waals surface area (Å²) in [6, 6.07) is 0. The number of rotatable bonds is 6. The predicted octanol–water partition coefficient (Wildman–Crippen LogP) is -0.571. The Morgan fingerprint density at radius 3 is 3.14 bits per heavy atom. The van der Waals surface area contributed by atoms with Crippen LogP contribution in [0.5, 0.6) is 0 Å². The number of aliphatic carboxylic acids is 1. The number of carbonyl (C=O) groups is 1. The average Bonchev–Trinajstić information content (AvgIpc) is 2.18. The van der Waals surface area contributed by atoms with Crippen LogP contribution in [-0.2, 0) is 9.53 Å². The molecule has 0 bridgehead atoms. The quantitative estimate of drug-likeness (QED) is 0.503. The third-order valence-electron chi connectivity index (χ3n) is 2.16. The van der Waals surface area contributed by atoms with Gasteiger partial charge in [0.1, 0.15) is 0 Å². The van der Waals surface area contributed by atoms with Crippen LogP contribution in [0.2, 0.25) is 0 Å². The van der Waals surface area contributed by atoms with Crippen LogP contribution < -0.4 is 10.6 Å². The molecule has 1 aliphatic heterocycles. The van der Waals surface area contributed by atoms with Crippen molar-refractivity contribution in [2.75, 3.05) is 32.8 Å². The summed E-state index contributed by atoms with van der Waals surface area (Å²) in [5.74, 6) is -0.805. The summed E-state index contributed by atoms with van der Waals surface area (Å²) in [6.07, 6.45) is 2.24. The predicted molar refractivity (Wildman–Crippen MR) is 52.3 cm³/mol. The van der Waals surface area contributed by atoms with Gasteiger partial charge in [-0.2, -0.15) is 0 Å². The minimum Gasteiger partial charge on any atom is -0.480 e. The maximum Gasteiger partial charge on any atom is 0.317 e. The second-order valence-corrected chi connectivity index (χ2v) is 3.41. The van der Waals surface area contributed by atoms with Crippen molar-refractivity contribution in [3.8, 4) is 0 Å². The second-order valence-electron chi connectivity index (χ2n) is 3.41. The molecule has 0 aromatic carbocycles. The monoisotopic (exact) mass is 202 g/mol. The second kappa shape index (κ2) is 6.75. The summed E-state index contributed by atoms with van der Waals surface area (Å²) in [5, 5.41) is 14.5. The molecule has 3 N–H and O–H groups in total. The van der Waals surface area contributed by atoms with Crippen molar-refractivity contribution in [3.05, 3.63) is 0 Å². The first-order valence-electron chi connectivity index (χ1n) is 5.04. The first-order valence-corrected chi connectivity index (χ1v) is 5.04. The molecule has 0 spiro atoms. The zero-order chi connectivity index (χ0) is 10.2. The van der Waals surface area contributed by atoms with E-state index >= 15 is 0 Å². The van der Waals surface area contributed by atoms with Crippen molar-refractivity contribution >= 4 is 5.97 Å². The van der Waals surface area contributed by atoms with E-state index in [0.717, 1.165) is 39.1 Å². The van der Waals surface area contributed by atoms with Gasteiger partial charge in [-0.05, 0) is 19.4 Å². The molecule has 0 amide bonds. The number of morpholine rings is 1. The highest BCUT2D eigenvalue weighted by Gasteiger charge is 2.12. The lowest BCUT2D eigenvalue weighted by atomic mass is 10.2. The fraction of sp³-hybridized carbons (Fsp3) is 0.889. The van der Waals surface area contributed by atoms with E-state index < -0.39 is 5.97 Å². The zero-order valence-electron chi connectivity index (χ0n) is 8.29. The number of hydrogen-bond acceptors (Lipinski definition) is 4. The minimum atomic E-state index is -0.805. The van der Waals surface area contributed by atoms with Gasteiger partial charge >= 0.3 is 5.97 Å². The molecule has 0 aromatic heterocycles. The molecule has 0 radical (unpaired) electrons. The molecule has 1 rings (SSSR count). The smallest absolute Gasteiger partial charge is 0.317 e. The Kier molecular flexibility index (Phi) is 5.51. The summed E-state index contributed by atoms with van der Waals surface area (Å²) in [4.78, 5) is 10.2. The molecular weight excluding hydrogens is 184 g/mol. The summed E-state index contributed by atoms with van der Waals surface area (Å²) >= 11 is 0. The largest absolute Gasteiger partial charge is 0.480 e. The maximum absolute atomic E-state index is 10.2. The molecule has 0 aliphatic carbocycles. The SMILES string of the molecule is O=C(O)CNCCCC1CNCCO1. The lowest BCUT2D eigenvalue weighted by molar-refractivity contribution is -0.135. The van der Waals surface area contributed by atoms with Gasteiger partial charge in [-0.15, -0.1) is 0 Å². The number of carboxylic acids is 1. The summed E-state index contributed by atoms with van der Waals surface area (Å²) < 4.78 is 5.50. The minimum absolute atomic E-state index is 0.0454. The van der Waals surface area contributed by atoms with Crippen molar-refractivity contribution in [2.45, 2.75) is 18.9 Å². The van der Waals surface area contributed by atoms with Gasteiger partial charge < -0.3 is 20.5 Å². The molecule has 1 unspecified atom stereocenters. The van der Waals surface area contributed by atoms with Crippen molar-refractivity contribution in [1.82, 2.24) is 10.6 Å². The summed E-state index contributed by atoms with van der Waals surface area (Å²) in [7, 11) is 0. The third-order valence-corrected chi connectivity index (χ3v) is 2.16. The normalized spacial score (nSPS) is 22.1. The van der Waals surface area contributed by atoms with Crippen LogP contribution in [-0.4, -0.2) is 50.0 Å². The van der Waals surface area contributed by atoms with E-state index in [1.54, 1.807) is 0 Å². The molecule has 1 atom stereocenters. The van der Waals surface area contributed by atoms with Crippen LogP contribution in [0.3, 0.4) is 0 Å². The Labute approximate surface area is 83.8 Å². The molecule has 0 saturated carbocycles. The van der Waals surface area contributed by atoms with Gasteiger partial charge in [0.05, 0.1) is 19.3 Å². The molecule has 82 valence electrons. The molecule has 1 fully saturated rings. The Morgan fingerprint density at radius 1 is 1.64 bits per heavy atom. The van der Waals surface area contributed by atoms with Crippen LogP contribution in [0.15, 0.2) is 0 Å². The van der Waals surface area contributed by atoms with Crippen LogP contribution >= 0.6 is 0 Å². The van der Waals surface area contributed by atoms with Gasteiger partial charge in [0.15, 0.2) is 0 Å². The fourth-order valence-corrected chi connectivity index (χ4v) is 1.46. The number of hydrogen-bond donors (Lipinski definition) is 3. The Hall–Kier alpha value is -0.650. The van der Waals surface area contributed by atoms with Crippen LogP contribution in [0.4, 0.5) is 0 Å². The molecule has 1 saturated heterocycles. The van der Waals surface area contributed by atoms with Crippen LogP contribution in [0, 0.1) is 0 Å². The molecule has 14 heavy (non-hydrogen) atoms. The summed E-state index contributed by atoms with van der Waals surface area (Å²) in [5.41, 5.74) is 0. The van der Waals surface area contributed by atoms with E-state index in [9.17, 15) is 4.79 Å². The molecule has 0 aromatic rings. The molecule has 1 aliphatic rings. The fourth-order valence-electron chi connectivity index (χ4n) is 1.46. The van der Waals surface area contributed by atoms with E-state index in [0.29, 0.717) is 6.10 Å². The van der Waals surface area contributed by atoms with Gasteiger partial charge in [-0.1, -0.05) is 0 Å². The first-order chi connectivity index (χ1) is 6.79. The molecular formula is C9H18N2O3. The van der Waals surface area contributed by atoms with E-state index in [1.807, 2.05) is 0 Å². The number of ether oxygens (including phenoxy) is 1. The van der Waals surface area contributed by atoms with Gasteiger partial charge in [0, 0.05) is 13.1 Å². The van der Waals surface area contributed by atoms with Crippen LogP contribution in [0.1, 0.15) is 12.8 Å². The number of carboxylic acid groups (broad SMARTS) is 1. The van der Waals surface area contributed by atoms with E-state index in [2.05, 4.69) is 10.6 Å². The van der Waals surface area contributed by atoms with Crippen molar-refractivity contribution in [2.24, 2.45) is 0 Å². The highest BCUT2D eigenvalue weighted by atomic mass is 16.5. The molecule has 5 heteroatoms. The van der Waals surface area contributed by atoms with Gasteiger partial charge in [0.25, 0.3) is 0 Å². The highest BCUT2D eigenvalue weighted by molar-refractivity contribution is 5.68. The lowest BCUT2D eigenvalue weighted by Crippen LogP contribution is -2.38. The lowest BCUT2D eigenvalue weighted by Gasteiger charge is -2.23. The van der Waals surface area contributed by atoms with Crippen molar-refractivity contribution in [3.63, 3.8) is 0 Å². The number of nitrogens with one attached hydrogen (secondary N) is 2. The van der Waals surface area contributed by atoms with Crippen LogP contribution in [0.25, 0.3) is 0 Å². The van der Waals surface area contributed by atoms with Gasteiger partial charge in [0.2, 0.25) is 0 Å². The van der Waals surface area contributed by atoms with Gasteiger partial charge in [-0.25, -0.2) is 0 Å². The van der Waals surface area contributed by atoms with Crippen molar-refractivity contribution < 1.29 is 14.6 Å².